The molecule has 0 fully saturated rings. The first-order valence-electron chi connectivity index (χ1n) is 7.66. The molecule has 0 aliphatic rings. The van der Waals surface area contributed by atoms with Crippen molar-refractivity contribution in [2.24, 2.45) is 0 Å². The first kappa shape index (κ1) is 15.7. The third-order valence-corrected chi connectivity index (χ3v) is 4.34. The van der Waals surface area contributed by atoms with E-state index in [1.54, 1.807) is 0 Å². The molecular formula is C19H26N2. The van der Waals surface area contributed by atoms with Crippen molar-refractivity contribution in [3.63, 3.8) is 0 Å². The van der Waals surface area contributed by atoms with Crippen molar-refractivity contribution in [2.45, 2.75) is 25.4 Å². The van der Waals surface area contributed by atoms with Crippen LogP contribution in [0.4, 0.5) is 0 Å². The summed E-state index contributed by atoms with van der Waals surface area (Å²) in [7, 11) is 4.33. The Morgan fingerprint density at radius 3 is 2.00 bits per heavy atom. The standard InChI is InChI=1S/C19H26N2/c1-4-19(21(2)3,18-13-9-6-10-14-18)16-20-15-17-11-7-5-8-12-17/h5-14,20H,4,15-16H2,1-3H3. The Morgan fingerprint density at radius 2 is 1.48 bits per heavy atom. The molecule has 2 aromatic carbocycles. The van der Waals surface area contributed by atoms with Crippen LogP contribution in [-0.4, -0.2) is 25.5 Å². The molecule has 21 heavy (non-hydrogen) atoms. The SMILES string of the molecule is CCC(CNCc1ccccc1)(c1ccccc1)N(C)C. The van der Waals surface area contributed by atoms with E-state index in [0.717, 1.165) is 19.5 Å². The van der Waals surface area contributed by atoms with Gasteiger partial charge in [0.1, 0.15) is 0 Å². The molecule has 0 radical (unpaired) electrons. The van der Waals surface area contributed by atoms with Crippen LogP contribution in [-0.2, 0) is 12.1 Å². The maximum absolute atomic E-state index is 3.63. The quantitative estimate of drug-likeness (QED) is 0.834. The lowest BCUT2D eigenvalue weighted by Crippen LogP contribution is -2.48. The average Bonchev–Trinajstić information content (AvgIpc) is 2.53. The molecular weight excluding hydrogens is 256 g/mol. The van der Waals surface area contributed by atoms with Gasteiger partial charge in [0.15, 0.2) is 0 Å². The van der Waals surface area contributed by atoms with Gasteiger partial charge in [-0.3, -0.25) is 4.90 Å². The highest BCUT2D eigenvalue weighted by Gasteiger charge is 2.32. The summed E-state index contributed by atoms with van der Waals surface area (Å²) in [5.41, 5.74) is 2.74. The van der Waals surface area contributed by atoms with E-state index in [1.807, 2.05) is 0 Å². The van der Waals surface area contributed by atoms with Crippen LogP contribution in [0.5, 0.6) is 0 Å². The summed E-state index contributed by atoms with van der Waals surface area (Å²) in [5.74, 6) is 0. The Hall–Kier alpha value is -1.64. The fraction of sp³-hybridized carbons (Fsp3) is 0.368. The molecule has 0 saturated heterocycles. The van der Waals surface area contributed by atoms with E-state index in [4.69, 9.17) is 0 Å². The number of rotatable bonds is 7. The molecule has 2 nitrogen and oxygen atoms in total. The lowest BCUT2D eigenvalue weighted by Gasteiger charge is -2.40. The molecule has 2 aromatic rings. The van der Waals surface area contributed by atoms with Crippen molar-refractivity contribution in [3.8, 4) is 0 Å². The average molecular weight is 282 g/mol. The molecule has 0 aliphatic heterocycles. The fourth-order valence-electron chi connectivity index (χ4n) is 2.92. The largest absolute Gasteiger partial charge is 0.310 e. The fourth-order valence-corrected chi connectivity index (χ4v) is 2.92. The van der Waals surface area contributed by atoms with Crippen LogP contribution in [0.25, 0.3) is 0 Å². The molecule has 2 rings (SSSR count). The summed E-state index contributed by atoms with van der Waals surface area (Å²) in [6.45, 7) is 4.11. The van der Waals surface area contributed by atoms with Crippen molar-refractivity contribution >= 4 is 0 Å². The summed E-state index contributed by atoms with van der Waals surface area (Å²) >= 11 is 0. The number of likely N-dealkylation sites (N-methyl/N-ethyl adjacent to an activating group) is 1. The van der Waals surface area contributed by atoms with Gasteiger partial charge in [-0.15, -0.1) is 0 Å². The molecule has 0 saturated carbocycles. The van der Waals surface area contributed by atoms with Gasteiger partial charge in [-0.2, -0.15) is 0 Å². The molecule has 0 spiro atoms. The van der Waals surface area contributed by atoms with Gasteiger partial charge in [-0.1, -0.05) is 67.6 Å². The monoisotopic (exact) mass is 282 g/mol. The van der Waals surface area contributed by atoms with Crippen LogP contribution in [0.2, 0.25) is 0 Å². The normalized spacial score (nSPS) is 14.1. The minimum Gasteiger partial charge on any atom is -0.310 e. The second kappa shape index (κ2) is 7.39. The van der Waals surface area contributed by atoms with Crippen molar-refractivity contribution in [2.75, 3.05) is 20.6 Å². The van der Waals surface area contributed by atoms with Gasteiger partial charge in [0.2, 0.25) is 0 Å². The zero-order chi connectivity index (χ0) is 15.1. The number of hydrogen-bond acceptors (Lipinski definition) is 2. The van der Waals surface area contributed by atoms with E-state index in [1.165, 1.54) is 11.1 Å². The topological polar surface area (TPSA) is 15.3 Å². The van der Waals surface area contributed by atoms with Crippen molar-refractivity contribution < 1.29 is 0 Å². The Balaban J connectivity index is 2.10. The predicted molar refractivity (Wildman–Crippen MR) is 90.2 cm³/mol. The van der Waals surface area contributed by atoms with E-state index < -0.39 is 0 Å². The van der Waals surface area contributed by atoms with E-state index >= 15 is 0 Å². The van der Waals surface area contributed by atoms with Gasteiger partial charge in [0.25, 0.3) is 0 Å². The van der Waals surface area contributed by atoms with Crippen LogP contribution in [0, 0.1) is 0 Å². The molecule has 0 amide bonds. The van der Waals surface area contributed by atoms with Gasteiger partial charge in [-0.25, -0.2) is 0 Å². The lowest BCUT2D eigenvalue weighted by atomic mass is 9.85. The highest BCUT2D eigenvalue weighted by Crippen LogP contribution is 2.29. The van der Waals surface area contributed by atoms with Crippen molar-refractivity contribution in [1.82, 2.24) is 10.2 Å². The molecule has 0 aliphatic carbocycles. The third kappa shape index (κ3) is 3.72. The van der Waals surface area contributed by atoms with Crippen LogP contribution in [0.3, 0.4) is 0 Å². The van der Waals surface area contributed by atoms with E-state index in [0.29, 0.717) is 0 Å². The van der Waals surface area contributed by atoms with Crippen LogP contribution >= 0.6 is 0 Å². The minimum atomic E-state index is 0.0377. The van der Waals surface area contributed by atoms with Gasteiger partial charge < -0.3 is 5.32 Å². The summed E-state index contributed by atoms with van der Waals surface area (Å²) in [6, 6.07) is 21.4. The number of hydrogen-bond donors (Lipinski definition) is 1. The smallest absolute Gasteiger partial charge is 0.0578 e. The van der Waals surface area contributed by atoms with Gasteiger partial charge in [-0.05, 0) is 31.6 Å². The first-order chi connectivity index (χ1) is 10.2. The lowest BCUT2D eigenvalue weighted by molar-refractivity contribution is 0.140. The Bertz CT molecular complexity index is 522. The van der Waals surface area contributed by atoms with Crippen LogP contribution in [0.15, 0.2) is 60.7 Å². The van der Waals surface area contributed by atoms with Crippen LogP contribution in [0.1, 0.15) is 24.5 Å². The zero-order valence-electron chi connectivity index (χ0n) is 13.3. The number of nitrogens with one attached hydrogen (secondary N) is 1. The molecule has 1 N–H and O–H groups in total. The maximum Gasteiger partial charge on any atom is 0.0578 e. The molecule has 1 unspecified atom stereocenters. The van der Waals surface area contributed by atoms with Gasteiger partial charge in [0.05, 0.1) is 5.54 Å². The Kier molecular flexibility index (Phi) is 5.54. The third-order valence-electron chi connectivity index (χ3n) is 4.34. The second-order valence-electron chi connectivity index (χ2n) is 5.73. The molecule has 112 valence electrons. The summed E-state index contributed by atoms with van der Waals surface area (Å²) in [4.78, 5) is 2.33. The van der Waals surface area contributed by atoms with Crippen molar-refractivity contribution in [3.05, 3.63) is 71.8 Å². The van der Waals surface area contributed by atoms with Crippen LogP contribution < -0.4 is 5.32 Å². The molecule has 2 heteroatoms. The number of nitrogens with zero attached hydrogens (tertiary/aromatic N) is 1. The zero-order valence-corrected chi connectivity index (χ0v) is 13.3. The summed E-state index contributed by atoms with van der Waals surface area (Å²) in [6.07, 6.45) is 1.08. The molecule has 1 atom stereocenters. The molecule has 0 aromatic heterocycles. The summed E-state index contributed by atoms with van der Waals surface area (Å²) in [5, 5.41) is 3.63. The second-order valence-corrected chi connectivity index (χ2v) is 5.73. The first-order valence-corrected chi connectivity index (χ1v) is 7.66. The highest BCUT2D eigenvalue weighted by molar-refractivity contribution is 5.25. The van der Waals surface area contributed by atoms with Crippen molar-refractivity contribution in [1.29, 1.82) is 0 Å². The predicted octanol–water partition coefficient (Wildman–Crippen LogP) is 3.64. The highest BCUT2D eigenvalue weighted by atomic mass is 15.2. The van der Waals surface area contributed by atoms with E-state index in [2.05, 4.69) is 91.9 Å². The maximum atomic E-state index is 3.63. The molecule has 0 bridgehead atoms. The van der Waals surface area contributed by atoms with E-state index in [9.17, 15) is 0 Å². The minimum absolute atomic E-state index is 0.0377. The Labute approximate surface area is 128 Å². The van der Waals surface area contributed by atoms with Gasteiger partial charge >= 0.3 is 0 Å². The van der Waals surface area contributed by atoms with Gasteiger partial charge in [0, 0.05) is 13.1 Å². The summed E-state index contributed by atoms with van der Waals surface area (Å²) < 4.78 is 0. The molecule has 0 heterocycles. The van der Waals surface area contributed by atoms with E-state index in [-0.39, 0.29) is 5.54 Å². The Morgan fingerprint density at radius 1 is 0.905 bits per heavy atom. The number of benzene rings is 2.